The Kier molecular flexibility index (Phi) is 5.13. The molecule has 2 rings (SSSR count). The Morgan fingerprint density at radius 3 is 2.67 bits per heavy atom. The Balaban J connectivity index is 2.15. The van der Waals surface area contributed by atoms with E-state index >= 15 is 0 Å². The molecule has 0 bridgehead atoms. The molecule has 0 spiro atoms. The number of aromatic nitrogens is 2. The molecule has 1 aromatic carbocycles. The highest BCUT2D eigenvalue weighted by Crippen LogP contribution is 2.37. The van der Waals surface area contributed by atoms with Crippen LogP contribution in [0, 0.1) is 5.82 Å². The molecule has 0 fully saturated rings. The van der Waals surface area contributed by atoms with E-state index in [9.17, 15) is 4.39 Å². The summed E-state index contributed by atoms with van der Waals surface area (Å²) in [7, 11) is -1.86. The van der Waals surface area contributed by atoms with Crippen molar-refractivity contribution in [2.75, 3.05) is 0 Å². The third kappa shape index (κ3) is 4.03. The molecule has 0 aliphatic heterocycles. The van der Waals surface area contributed by atoms with Gasteiger partial charge in [0.1, 0.15) is 5.82 Å². The number of nitrogens with zero attached hydrogens (tertiary/aromatic N) is 5. The molecule has 128 valence electrons. The summed E-state index contributed by atoms with van der Waals surface area (Å²) in [5, 5.41) is 3.51. The van der Waals surface area contributed by atoms with Crippen molar-refractivity contribution in [3.63, 3.8) is 0 Å². The molecule has 0 aliphatic carbocycles. The van der Waals surface area contributed by atoms with Gasteiger partial charge in [0.2, 0.25) is 0 Å². The summed E-state index contributed by atoms with van der Waals surface area (Å²) in [6.07, 6.45) is 3.30. The summed E-state index contributed by atoms with van der Waals surface area (Å²) in [4.78, 5) is 6.94. The molecule has 6 nitrogen and oxygen atoms in total. The largest absolute Gasteiger partial charge is 0.411 e. The van der Waals surface area contributed by atoms with Crippen LogP contribution in [0.15, 0.2) is 35.8 Å². The Labute approximate surface area is 142 Å². The number of rotatable bonds is 5. The predicted molar refractivity (Wildman–Crippen MR) is 94.3 cm³/mol. The van der Waals surface area contributed by atoms with Gasteiger partial charge in [-0.25, -0.2) is 9.37 Å². The highest BCUT2D eigenvalue weighted by atomic mass is 28.4. The normalized spacial score (nSPS) is 12.1. The van der Waals surface area contributed by atoms with Crippen molar-refractivity contribution < 1.29 is 8.82 Å². The van der Waals surface area contributed by atoms with Gasteiger partial charge in [-0.1, -0.05) is 32.0 Å². The fraction of sp³-hybridized carbons (Fsp3) is 0.438. The summed E-state index contributed by atoms with van der Waals surface area (Å²) in [6.45, 7) is 11.3. The fourth-order valence-corrected chi connectivity index (χ4v) is 2.80. The molecule has 0 saturated heterocycles. The minimum absolute atomic E-state index is 0.124. The van der Waals surface area contributed by atoms with Crippen LogP contribution in [0.25, 0.3) is 16.1 Å². The maximum atomic E-state index is 14.1. The van der Waals surface area contributed by atoms with E-state index in [1.807, 2.05) is 0 Å². The van der Waals surface area contributed by atoms with Crippen LogP contribution in [-0.4, -0.2) is 17.9 Å². The van der Waals surface area contributed by atoms with Gasteiger partial charge in [-0.3, -0.25) is 0 Å². The highest BCUT2D eigenvalue weighted by Gasteiger charge is 2.37. The van der Waals surface area contributed by atoms with Gasteiger partial charge in [-0.15, -0.1) is 0 Å². The summed E-state index contributed by atoms with van der Waals surface area (Å²) < 4.78 is 21.9. The molecular formula is C16H22FN5OSi. The lowest BCUT2D eigenvalue weighted by atomic mass is 10.2. The summed E-state index contributed by atoms with van der Waals surface area (Å²) in [5.74, 6) is -0.478. The highest BCUT2D eigenvalue weighted by molar-refractivity contribution is 6.74. The number of azide groups is 1. The third-order valence-corrected chi connectivity index (χ3v) is 8.87. The lowest BCUT2D eigenvalue weighted by molar-refractivity contribution is 0.272. The number of hydrogen-bond acceptors (Lipinski definition) is 3. The lowest BCUT2D eigenvalue weighted by Gasteiger charge is -2.35. The average molecular weight is 347 g/mol. The number of hydrogen-bond donors (Lipinski definition) is 0. The maximum absolute atomic E-state index is 14.1. The van der Waals surface area contributed by atoms with Crippen molar-refractivity contribution >= 4 is 14.0 Å². The first-order valence-corrected chi connectivity index (χ1v) is 10.6. The van der Waals surface area contributed by atoms with E-state index in [1.165, 1.54) is 6.07 Å². The SMILES string of the molecule is CC(C)(C)[Si](C)(C)OCc1cn(-c2ccc(N=[N+]=[N-])cc2F)cn1. The monoisotopic (exact) mass is 347 g/mol. The van der Waals surface area contributed by atoms with Crippen molar-refractivity contribution in [2.45, 2.75) is 45.5 Å². The fourth-order valence-electron chi connectivity index (χ4n) is 1.86. The second-order valence-electron chi connectivity index (χ2n) is 7.15. The third-order valence-electron chi connectivity index (χ3n) is 4.39. The van der Waals surface area contributed by atoms with Gasteiger partial charge in [0.15, 0.2) is 8.32 Å². The molecule has 0 unspecified atom stereocenters. The minimum Gasteiger partial charge on any atom is -0.411 e. The van der Waals surface area contributed by atoms with Gasteiger partial charge in [0.05, 0.1) is 24.3 Å². The van der Waals surface area contributed by atoms with E-state index < -0.39 is 14.1 Å². The molecule has 0 amide bonds. The first-order valence-electron chi connectivity index (χ1n) is 7.66. The van der Waals surface area contributed by atoms with Crippen LogP contribution in [0.5, 0.6) is 0 Å². The molecule has 2 aromatic rings. The summed E-state index contributed by atoms with van der Waals surface area (Å²) >= 11 is 0. The number of imidazole rings is 1. The van der Waals surface area contributed by atoms with E-state index in [1.54, 1.807) is 29.2 Å². The molecule has 1 aromatic heterocycles. The van der Waals surface area contributed by atoms with Crippen LogP contribution in [0.4, 0.5) is 10.1 Å². The van der Waals surface area contributed by atoms with Crippen molar-refractivity contribution in [3.05, 3.63) is 52.7 Å². The first-order chi connectivity index (χ1) is 11.1. The number of halogens is 1. The Hall–Kier alpha value is -2.15. The minimum atomic E-state index is -1.86. The van der Waals surface area contributed by atoms with E-state index in [2.05, 4.69) is 48.9 Å². The van der Waals surface area contributed by atoms with Gasteiger partial charge < -0.3 is 8.99 Å². The molecule has 0 aliphatic rings. The van der Waals surface area contributed by atoms with Gasteiger partial charge in [-0.05, 0) is 35.8 Å². The topological polar surface area (TPSA) is 75.8 Å². The Morgan fingerprint density at radius 1 is 1.38 bits per heavy atom. The molecule has 0 saturated carbocycles. The van der Waals surface area contributed by atoms with Crippen molar-refractivity contribution in [2.24, 2.45) is 5.11 Å². The maximum Gasteiger partial charge on any atom is 0.192 e. The molecule has 0 N–H and O–H groups in total. The van der Waals surface area contributed by atoms with E-state index in [-0.39, 0.29) is 10.7 Å². The molecule has 0 radical (unpaired) electrons. The summed E-state index contributed by atoms with van der Waals surface area (Å²) in [5.41, 5.74) is 9.72. The van der Waals surface area contributed by atoms with Gasteiger partial charge in [0, 0.05) is 16.8 Å². The molecule has 1 heterocycles. The zero-order valence-electron chi connectivity index (χ0n) is 14.6. The quantitative estimate of drug-likeness (QED) is 0.311. The van der Waals surface area contributed by atoms with Crippen LogP contribution in [0.2, 0.25) is 18.1 Å². The zero-order valence-corrected chi connectivity index (χ0v) is 15.6. The molecule has 0 atom stereocenters. The van der Waals surface area contributed by atoms with E-state index in [4.69, 9.17) is 9.96 Å². The smallest absolute Gasteiger partial charge is 0.192 e. The second kappa shape index (κ2) is 6.76. The van der Waals surface area contributed by atoms with Crippen LogP contribution in [-0.2, 0) is 11.0 Å². The molecule has 24 heavy (non-hydrogen) atoms. The van der Waals surface area contributed by atoms with E-state index in [0.717, 1.165) is 5.69 Å². The van der Waals surface area contributed by atoms with Crippen molar-refractivity contribution in [1.82, 2.24) is 9.55 Å². The van der Waals surface area contributed by atoms with Gasteiger partial charge >= 0.3 is 0 Å². The average Bonchev–Trinajstić information content (AvgIpc) is 2.93. The second-order valence-corrected chi connectivity index (χ2v) is 12.0. The van der Waals surface area contributed by atoms with Crippen LogP contribution in [0.3, 0.4) is 0 Å². The zero-order chi connectivity index (χ0) is 18.0. The predicted octanol–water partition coefficient (Wildman–Crippen LogP) is 5.48. The Bertz CT molecular complexity index is 775. The van der Waals surface area contributed by atoms with Crippen molar-refractivity contribution in [3.8, 4) is 5.69 Å². The van der Waals surface area contributed by atoms with Crippen LogP contribution < -0.4 is 0 Å². The first kappa shape index (κ1) is 18.2. The Morgan fingerprint density at radius 2 is 2.08 bits per heavy atom. The number of benzene rings is 1. The standard InChI is InChI=1S/C16H22FN5OSi/c1-16(2,3)24(4,5)23-10-13-9-22(11-19-13)15-7-6-12(20-21-18)8-14(15)17/h6-9,11H,10H2,1-5H3. The molecule has 8 heteroatoms. The van der Waals surface area contributed by atoms with Crippen LogP contribution >= 0.6 is 0 Å². The van der Waals surface area contributed by atoms with Gasteiger partial charge in [-0.2, -0.15) is 0 Å². The summed E-state index contributed by atoms with van der Waals surface area (Å²) in [6, 6.07) is 4.31. The van der Waals surface area contributed by atoms with Crippen molar-refractivity contribution in [1.29, 1.82) is 0 Å². The van der Waals surface area contributed by atoms with E-state index in [0.29, 0.717) is 12.3 Å². The van der Waals surface area contributed by atoms with Gasteiger partial charge in [0.25, 0.3) is 0 Å². The van der Waals surface area contributed by atoms with Crippen LogP contribution in [0.1, 0.15) is 26.5 Å². The molecular weight excluding hydrogens is 325 g/mol. The lowest BCUT2D eigenvalue weighted by Crippen LogP contribution is -2.40.